The van der Waals surface area contributed by atoms with Gasteiger partial charge in [0.15, 0.2) is 5.82 Å². The van der Waals surface area contributed by atoms with E-state index in [1.165, 1.54) is 5.56 Å². The van der Waals surface area contributed by atoms with Crippen LogP contribution in [0.1, 0.15) is 41.1 Å². The summed E-state index contributed by atoms with van der Waals surface area (Å²) in [4.78, 5) is 30.2. The molecule has 2 aliphatic heterocycles. The first-order valence-corrected chi connectivity index (χ1v) is 13.4. The number of rotatable bonds is 5. The van der Waals surface area contributed by atoms with Crippen LogP contribution in [0, 0.1) is 5.92 Å². The van der Waals surface area contributed by atoms with Crippen molar-refractivity contribution in [2.75, 3.05) is 36.4 Å². The van der Waals surface area contributed by atoms with Gasteiger partial charge in [0.1, 0.15) is 0 Å². The Morgan fingerprint density at radius 1 is 0.816 bits per heavy atom. The van der Waals surface area contributed by atoms with Crippen LogP contribution >= 0.6 is 0 Å². The van der Waals surface area contributed by atoms with Crippen LogP contribution in [0.5, 0.6) is 0 Å². The van der Waals surface area contributed by atoms with Crippen molar-refractivity contribution in [3.8, 4) is 0 Å². The Morgan fingerprint density at radius 2 is 1.61 bits per heavy atom. The summed E-state index contributed by atoms with van der Waals surface area (Å²) in [6.07, 6.45) is 4.32. The van der Waals surface area contributed by atoms with E-state index in [-0.39, 0.29) is 17.7 Å². The first kappa shape index (κ1) is 24.1. The number of piperidine rings is 1. The van der Waals surface area contributed by atoms with Crippen LogP contribution in [0.25, 0.3) is 10.8 Å². The topological polar surface area (TPSA) is 78.4 Å². The van der Waals surface area contributed by atoms with Crippen molar-refractivity contribution < 1.29 is 9.59 Å². The molecule has 0 saturated carbocycles. The number of fused-ring (bicyclic) bond motifs is 1. The molecule has 6 rings (SSSR count). The van der Waals surface area contributed by atoms with E-state index >= 15 is 0 Å². The van der Waals surface area contributed by atoms with Crippen molar-refractivity contribution in [2.45, 2.75) is 25.2 Å². The molecular formula is C31H31N5O2. The molecule has 2 aliphatic rings. The molecular weight excluding hydrogens is 474 g/mol. The third-order valence-electron chi connectivity index (χ3n) is 7.89. The molecule has 2 saturated heterocycles. The van der Waals surface area contributed by atoms with E-state index in [0.717, 1.165) is 66.7 Å². The predicted molar refractivity (Wildman–Crippen MR) is 149 cm³/mol. The smallest absolute Gasteiger partial charge is 0.254 e. The maximum absolute atomic E-state index is 13.3. The standard InChI is InChI=1S/C31H31N5O2/c37-30(25-16-20-36(21-25)29-9-4-17-32-34-29)33-26-12-10-22(11-13-26)23-14-18-35(19-15-23)31(38)28-8-3-6-24-5-1-2-7-27(24)28/h1-13,17,23,25H,14-16,18-21H2,(H,33,37). The van der Waals surface area contributed by atoms with E-state index in [2.05, 4.69) is 32.5 Å². The number of aromatic nitrogens is 2. The lowest BCUT2D eigenvalue weighted by Gasteiger charge is -2.32. The second-order valence-corrected chi connectivity index (χ2v) is 10.2. The Bertz CT molecular complexity index is 1430. The number of carbonyl (C=O) groups is 2. The molecule has 192 valence electrons. The number of hydrogen-bond donors (Lipinski definition) is 1. The highest BCUT2D eigenvalue weighted by atomic mass is 16.2. The van der Waals surface area contributed by atoms with Gasteiger partial charge in [-0.3, -0.25) is 9.59 Å². The van der Waals surface area contributed by atoms with E-state index in [0.29, 0.717) is 12.5 Å². The number of amides is 2. The summed E-state index contributed by atoms with van der Waals surface area (Å²) >= 11 is 0. The summed E-state index contributed by atoms with van der Waals surface area (Å²) in [6.45, 7) is 2.94. The van der Waals surface area contributed by atoms with Gasteiger partial charge in [-0.1, -0.05) is 48.5 Å². The first-order valence-electron chi connectivity index (χ1n) is 13.4. The van der Waals surface area contributed by atoms with Crippen molar-refractivity contribution in [2.24, 2.45) is 5.92 Å². The molecule has 0 bridgehead atoms. The van der Waals surface area contributed by atoms with Crippen LogP contribution in [0.2, 0.25) is 0 Å². The van der Waals surface area contributed by atoms with Gasteiger partial charge in [-0.15, -0.1) is 5.10 Å². The lowest BCUT2D eigenvalue weighted by atomic mass is 9.89. The largest absolute Gasteiger partial charge is 0.354 e. The lowest BCUT2D eigenvalue weighted by Crippen LogP contribution is -2.38. The van der Waals surface area contributed by atoms with E-state index in [4.69, 9.17) is 0 Å². The molecule has 4 aromatic rings. The summed E-state index contributed by atoms with van der Waals surface area (Å²) in [6, 6.07) is 26.0. The fourth-order valence-corrected chi connectivity index (χ4v) is 5.73. The van der Waals surface area contributed by atoms with Crippen LogP contribution in [0.4, 0.5) is 11.5 Å². The van der Waals surface area contributed by atoms with Crippen molar-refractivity contribution in [3.05, 3.63) is 96.2 Å². The van der Waals surface area contributed by atoms with Crippen molar-refractivity contribution in [3.63, 3.8) is 0 Å². The number of hydrogen-bond acceptors (Lipinski definition) is 5. The molecule has 7 nitrogen and oxygen atoms in total. The molecule has 0 radical (unpaired) electrons. The maximum atomic E-state index is 13.3. The van der Waals surface area contributed by atoms with E-state index in [1.807, 2.05) is 71.6 Å². The van der Waals surface area contributed by atoms with Crippen LogP contribution in [-0.4, -0.2) is 53.1 Å². The number of nitrogens with zero attached hydrogens (tertiary/aromatic N) is 4. The Morgan fingerprint density at radius 3 is 2.39 bits per heavy atom. The van der Waals surface area contributed by atoms with Crippen LogP contribution in [-0.2, 0) is 4.79 Å². The second kappa shape index (κ2) is 10.6. The minimum Gasteiger partial charge on any atom is -0.354 e. The Balaban J connectivity index is 1.03. The zero-order valence-corrected chi connectivity index (χ0v) is 21.3. The van der Waals surface area contributed by atoms with Gasteiger partial charge in [0.25, 0.3) is 5.91 Å². The Labute approximate surface area is 222 Å². The third kappa shape index (κ3) is 4.96. The summed E-state index contributed by atoms with van der Waals surface area (Å²) in [5.74, 6) is 1.32. The zero-order chi connectivity index (χ0) is 25.9. The van der Waals surface area contributed by atoms with Gasteiger partial charge in [0, 0.05) is 43.6 Å². The Kier molecular flexibility index (Phi) is 6.73. The minimum absolute atomic E-state index is 0.0457. The lowest BCUT2D eigenvalue weighted by molar-refractivity contribution is -0.119. The van der Waals surface area contributed by atoms with Crippen molar-refractivity contribution in [1.82, 2.24) is 15.1 Å². The Hall–Kier alpha value is -4.26. The molecule has 7 heteroatoms. The van der Waals surface area contributed by atoms with Gasteiger partial charge in [-0.05, 0) is 71.8 Å². The number of benzene rings is 3. The average Bonchev–Trinajstić information content (AvgIpc) is 3.48. The molecule has 1 unspecified atom stereocenters. The molecule has 1 atom stereocenters. The summed E-state index contributed by atoms with van der Waals surface area (Å²) in [5.41, 5.74) is 2.86. The number of carbonyl (C=O) groups excluding carboxylic acids is 2. The number of likely N-dealkylation sites (tertiary alicyclic amines) is 1. The molecule has 0 spiro atoms. The first-order chi connectivity index (χ1) is 18.7. The van der Waals surface area contributed by atoms with Gasteiger partial charge < -0.3 is 15.1 Å². The van der Waals surface area contributed by atoms with Crippen molar-refractivity contribution in [1.29, 1.82) is 0 Å². The quantitative estimate of drug-likeness (QED) is 0.408. The SMILES string of the molecule is O=C(Nc1ccc(C2CCN(C(=O)c3cccc4ccccc34)CC2)cc1)C1CCN(c2cccnn2)C1. The molecule has 0 aliphatic carbocycles. The predicted octanol–water partition coefficient (Wildman–Crippen LogP) is 5.11. The van der Waals surface area contributed by atoms with Gasteiger partial charge in [-0.2, -0.15) is 5.10 Å². The maximum Gasteiger partial charge on any atom is 0.254 e. The summed E-state index contributed by atoms with van der Waals surface area (Å²) in [5, 5.41) is 13.3. The van der Waals surface area contributed by atoms with Gasteiger partial charge >= 0.3 is 0 Å². The summed E-state index contributed by atoms with van der Waals surface area (Å²) in [7, 11) is 0. The highest BCUT2D eigenvalue weighted by Crippen LogP contribution is 2.31. The molecule has 38 heavy (non-hydrogen) atoms. The third-order valence-corrected chi connectivity index (χ3v) is 7.89. The average molecular weight is 506 g/mol. The van der Waals surface area contributed by atoms with Crippen LogP contribution in [0.15, 0.2) is 85.1 Å². The van der Waals surface area contributed by atoms with Crippen molar-refractivity contribution >= 4 is 34.1 Å². The number of anilines is 2. The normalized spacial score (nSPS) is 18.1. The monoisotopic (exact) mass is 505 g/mol. The van der Waals surface area contributed by atoms with E-state index in [1.54, 1.807) is 6.20 Å². The second-order valence-electron chi connectivity index (χ2n) is 10.2. The molecule has 2 fully saturated rings. The molecule has 3 heterocycles. The van der Waals surface area contributed by atoms with Gasteiger partial charge in [-0.25, -0.2) is 0 Å². The fourth-order valence-electron chi connectivity index (χ4n) is 5.73. The van der Waals surface area contributed by atoms with Crippen LogP contribution < -0.4 is 10.2 Å². The molecule has 3 aromatic carbocycles. The van der Waals surface area contributed by atoms with Gasteiger partial charge in [0.2, 0.25) is 5.91 Å². The zero-order valence-electron chi connectivity index (χ0n) is 21.3. The highest BCUT2D eigenvalue weighted by Gasteiger charge is 2.29. The van der Waals surface area contributed by atoms with E-state index in [9.17, 15) is 9.59 Å². The summed E-state index contributed by atoms with van der Waals surface area (Å²) < 4.78 is 0. The fraction of sp³-hybridized carbons (Fsp3) is 0.290. The molecule has 1 N–H and O–H groups in total. The van der Waals surface area contributed by atoms with Crippen LogP contribution in [0.3, 0.4) is 0 Å². The molecule has 1 aromatic heterocycles. The molecule has 2 amide bonds. The van der Waals surface area contributed by atoms with Gasteiger partial charge in [0.05, 0.1) is 5.92 Å². The minimum atomic E-state index is -0.0692. The highest BCUT2D eigenvalue weighted by molar-refractivity contribution is 6.07. The van der Waals surface area contributed by atoms with E-state index < -0.39 is 0 Å². The number of nitrogens with one attached hydrogen (secondary N) is 1.